The molecular weight excluding hydrogens is 974 g/mol. The molecule has 4 N–H and O–H groups in total. The van der Waals surface area contributed by atoms with Crippen LogP contribution in [0.25, 0.3) is 57.4 Å². The maximum Gasteiger partial charge on any atom is 0.309 e. The predicted octanol–water partition coefficient (Wildman–Crippen LogP) is 8.32. The first-order valence-corrected chi connectivity index (χ1v) is 24.8. The lowest BCUT2D eigenvalue weighted by Gasteiger charge is -2.24. The Labute approximate surface area is 424 Å². The molecule has 72 heavy (non-hydrogen) atoms. The Morgan fingerprint density at radius 1 is 0.792 bits per heavy atom. The Balaban J connectivity index is 0.000000200. The number of alkyl halides is 2. The van der Waals surface area contributed by atoms with Gasteiger partial charge in [-0.05, 0) is 122 Å². The summed E-state index contributed by atoms with van der Waals surface area (Å²) in [4.78, 5) is 32.7. The molecule has 17 nitrogen and oxygen atoms in total. The number of esters is 1. The normalized spacial score (nSPS) is 17.1. The van der Waals surface area contributed by atoms with Gasteiger partial charge in [-0.25, -0.2) is 28.1 Å². The minimum atomic E-state index is -1.17. The van der Waals surface area contributed by atoms with Crippen molar-refractivity contribution in [2.24, 2.45) is 0 Å². The molecule has 4 aromatic heterocycles. The number of aliphatic hydroxyl groups is 3. The number of tetrazole rings is 2. The van der Waals surface area contributed by atoms with Gasteiger partial charge in [0.2, 0.25) is 11.6 Å². The van der Waals surface area contributed by atoms with E-state index in [1.54, 1.807) is 39.7 Å². The van der Waals surface area contributed by atoms with Crippen molar-refractivity contribution in [1.29, 1.82) is 0 Å². The largest absolute Gasteiger partial charge is 0.481 e. The fourth-order valence-electron chi connectivity index (χ4n) is 9.12. The predicted molar refractivity (Wildman–Crippen MR) is 266 cm³/mol. The van der Waals surface area contributed by atoms with Gasteiger partial charge < -0.3 is 25.2 Å². The van der Waals surface area contributed by atoms with Gasteiger partial charge in [0, 0.05) is 37.1 Å². The molecule has 0 bridgehead atoms. The third-order valence-electron chi connectivity index (χ3n) is 12.2. The van der Waals surface area contributed by atoms with Crippen molar-refractivity contribution < 1.29 is 43.5 Å². The molecule has 0 spiro atoms. The van der Waals surface area contributed by atoms with Crippen LogP contribution in [0, 0.1) is 11.6 Å². The van der Waals surface area contributed by atoms with E-state index < -0.39 is 42.8 Å². The summed E-state index contributed by atoms with van der Waals surface area (Å²) in [5.41, 5.74) is 10.1. The molecule has 4 atom stereocenters. The van der Waals surface area contributed by atoms with E-state index in [1.807, 2.05) is 26.0 Å². The van der Waals surface area contributed by atoms with Crippen molar-refractivity contribution in [2.75, 3.05) is 5.34 Å². The van der Waals surface area contributed by atoms with Crippen LogP contribution in [0.2, 0.25) is 0 Å². The fraction of sp³-hybridized carbons (Fsp3) is 0.412. The highest BCUT2D eigenvalue weighted by Crippen LogP contribution is 2.42. The third kappa shape index (κ3) is 12.8. The Kier molecular flexibility index (Phi) is 18.1. The van der Waals surface area contributed by atoms with Crippen LogP contribution < -0.4 is 0 Å². The lowest BCUT2D eigenvalue weighted by molar-refractivity contribution is -0.156. The van der Waals surface area contributed by atoms with Crippen molar-refractivity contribution in [2.45, 2.75) is 128 Å². The number of cyclic esters (lactones) is 1. The number of aromatic nitrogens is 10. The molecule has 0 aliphatic carbocycles. The molecule has 1 saturated heterocycles. The number of pyridine rings is 2. The second-order valence-electron chi connectivity index (χ2n) is 18.2. The summed E-state index contributed by atoms with van der Waals surface area (Å²) in [6, 6.07) is 12.7. The number of halogens is 4. The van der Waals surface area contributed by atoms with E-state index >= 15 is 0 Å². The van der Waals surface area contributed by atoms with E-state index in [0.29, 0.717) is 43.3 Å². The van der Waals surface area contributed by atoms with Crippen molar-refractivity contribution in [3.05, 3.63) is 106 Å². The number of hydrogen-bond donors (Lipinski definition) is 4. The van der Waals surface area contributed by atoms with Gasteiger partial charge in [-0.2, -0.15) is 0 Å². The van der Waals surface area contributed by atoms with Crippen molar-refractivity contribution in [1.82, 2.24) is 50.4 Å². The number of carbonyl (C=O) groups excluding carboxylic acids is 1. The summed E-state index contributed by atoms with van der Waals surface area (Å²) in [6.07, 6.45) is 6.41. The average molecular weight is 1030 g/mol. The summed E-state index contributed by atoms with van der Waals surface area (Å²) in [5.74, 6) is -0.931. The van der Waals surface area contributed by atoms with E-state index in [9.17, 15) is 33.7 Å². The first-order chi connectivity index (χ1) is 34.6. The molecule has 1 fully saturated rings. The maximum atomic E-state index is 13.8. The number of aliphatic carboxylic acids is 1. The number of benzene rings is 2. The zero-order valence-electron chi connectivity index (χ0n) is 40.2. The van der Waals surface area contributed by atoms with Crippen LogP contribution >= 0.6 is 23.2 Å². The van der Waals surface area contributed by atoms with E-state index in [2.05, 4.69) is 44.9 Å². The Morgan fingerprint density at radius 2 is 1.26 bits per heavy atom. The summed E-state index contributed by atoms with van der Waals surface area (Å²) in [5, 5.41) is 63.8. The number of hydrogen-bond acceptors (Lipinski definition) is 14. The van der Waals surface area contributed by atoms with Gasteiger partial charge in [0.25, 0.3) is 0 Å². The van der Waals surface area contributed by atoms with E-state index in [-0.39, 0.29) is 41.7 Å². The first kappa shape index (κ1) is 53.4. The maximum absolute atomic E-state index is 13.8. The molecule has 380 valence electrons. The number of carboxylic acid groups (broad SMARTS) is 1. The van der Waals surface area contributed by atoms with Crippen LogP contribution in [-0.2, 0) is 40.3 Å². The second kappa shape index (κ2) is 24.4. The zero-order valence-corrected chi connectivity index (χ0v) is 41.7. The third-order valence-corrected chi connectivity index (χ3v) is 12.2. The number of carbonyl (C=O) groups is 2. The first-order valence-electron chi connectivity index (χ1n) is 23.7. The SMILES string of the molecule is CC(C)c1nc2c(c(-c3ccc(F)cc3)c1/C=C/[C@@H](O)C[C@@H](O)CC(=O)O)CCCn1nnnc1-2.CC(C)c1nc2c(c(-c3ccc(F)cc3)c1/C=C/[C@@H]1C[C@@H](O)CC(=O)O1)CCCn1nnnc1-2.ClCCl. The Hall–Kier alpha value is -6.38. The lowest BCUT2D eigenvalue weighted by atomic mass is 9.87. The molecule has 3 aliphatic heterocycles. The number of carboxylic acids is 1. The van der Waals surface area contributed by atoms with E-state index in [0.717, 1.165) is 80.9 Å². The zero-order chi connectivity index (χ0) is 51.6. The highest BCUT2D eigenvalue weighted by atomic mass is 35.5. The molecular formula is C51H56Cl2F2N10O7. The smallest absolute Gasteiger partial charge is 0.309 e. The van der Waals surface area contributed by atoms with Crippen LogP contribution in [-0.4, -0.2) is 113 Å². The summed E-state index contributed by atoms with van der Waals surface area (Å²) in [6.45, 7) is 9.46. The van der Waals surface area contributed by atoms with Gasteiger partial charge in [0.15, 0.2) is 0 Å². The van der Waals surface area contributed by atoms with Gasteiger partial charge in [-0.1, -0.05) is 70.2 Å². The van der Waals surface area contributed by atoms with Gasteiger partial charge in [-0.3, -0.25) is 9.59 Å². The van der Waals surface area contributed by atoms with Crippen LogP contribution in [0.15, 0.2) is 60.7 Å². The van der Waals surface area contributed by atoms with Crippen LogP contribution in [0.4, 0.5) is 8.78 Å². The number of nitrogens with zero attached hydrogens (tertiary/aromatic N) is 10. The van der Waals surface area contributed by atoms with E-state index in [4.69, 9.17) is 43.0 Å². The molecule has 9 rings (SSSR count). The molecule has 3 aliphatic rings. The molecule has 2 aromatic carbocycles. The van der Waals surface area contributed by atoms with Gasteiger partial charge in [-0.15, -0.1) is 33.4 Å². The van der Waals surface area contributed by atoms with Crippen LogP contribution in [0.5, 0.6) is 0 Å². The fourth-order valence-corrected chi connectivity index (χ4v) is 9.12. The number of ether oxygens (including phenoxy) is 1. The van der Waals surface area contributed by atoms with Gasteiger partial charge in [0.1, 0.15) is 29.1 Å². The van der Waals surface area contributed by atoms with Crippen LogP contribution in [0.1, 0.15) is 112 Å². The average Bonchev–Trinajstić information content (AvgIpc) is 3.92. The number of aryl methyl sites for hydroxylation is 2. The molecule has 0 radical (unpaired) electrons. The molecule has 0 unspecified atom stereocenters. The minimum Gasteiger partial charge on any atom is -0.481 e. The quantitative estimate of drug-likeness (QED) is 0.0666. The van der Waals surface area contributed by atoms with Gasteiger partial charge in [0.05, 0.1) is 47.9 Å². The topological polar surface area (TPSA) is 237 Å². The summed E-state index contributed by atoms with van der Waals surface area (Å²) < 4.78 is 36.5. The number of rotatable bonds is 12. The Morgan fingerprint density at radius 3 is 1.71 bits per heavy atom. The molecule has 0 amide bonds. The molecule has 7 heterocycles. The van der Waals surface area contributed by atoms with Crippen molar-refractivity contribution >= 4 is 47.3 Å². The number of aliphatic hydroxyl groups excluding tert-OH is 3. The second-order valence-corrected chi connectivity index (χ2v) is 19.0. The molecule has 0 saturated carbocycles. The van der Waals surface area contributed by atoms with Crippen LogP contribution in [0.3, 0.4) is 0 Å². The highest BCUT2D eigenvalue weighted by molar-refractivity contribution is 6.40. The molecule has 6 aromatic rings. The highest BCUT2D eigenvalue weighted by Gasteiger charge is 2.30. The standard InChI is InChI=1S/C25H28FN5O4.C25H26FN5O3.CH2Cl2/c1-14(2)23-20(10-9-17(32)12-18(33)13-21(34)35)22(15-5-7-16(26)8-6-15)19-4-3-11-31-25(24(19)27-23)28-29-30-31;1-14(2)23-20(10-9-18-12-17(32)13-21(33)34-18)22(15-5-7-16(26)8-6-15)19-4-3-11-31-25(24(19)27-23)28-29-30-31;2-1-3/h5-10,14,17-18,32-33H,3-4,11-13H2,1-2H3,(H,34,35);5-10,14,17-18,32H,3-4,11-13H2,1-2H3;1H2/b2*10-9+;/t2*17-,18-;/m11./s1. The van der Waals surface area contributed by atoms with E-state index in [1.165, 1.54) is 30.3 Å². The monoisotopic (exact) mass is 1030 g/mol. The number of fused-ring (bicyclic) bond motifs is 6. The molecule has 21 heteroatoms. The van der Waals surface area contributed by atoms with Crippen molar-refractivity contribution in [3.63, 3.8) is 0 Å². The van der Waals surface area contributed by atoms with Gasteiger partial charge >= 0.3 is 11.9 Å². The lowest BCUT2D eigenvalue weighted by Crippen LogP contribution is -2.31. The van der Waals surface area contributed by atoms with Crippen molar-refractivity contribution in [3.8, 4) is 45.3 Å². The Bertz CT molecular complexity index is 2910. The summed E-state index contributed by atoms with van der Waals surface area (Å²) in [7, 11) is 0. The minimum absolute atomic E-state index is 0.00137. The summed E-state index contributed by atoms with van der Waals surface area (Å²) >= 11 is 9.53.